The van der Waals surface area contributed by atoms with Crippen LogP contribution in [0.5, 0.6) is 0 Å². The predicted molar refractivity (Wildman–Crippen MR) is 70.6 cm³/mol. The van der Waals surface area contributed by atoms with Crippen molar-refractivity contribution in [3.05, 3.63) is 27.7 Å². The van der Waals surface area contributed by atoms with E-state index in [0.717, 1.165) is 0 Å². The van der Waals surface area contributed by atoms with E-state index in [4.69, 9.17) is 11.6 Å². The van der Waals surface area contributed by atoms with E-state index in [1.807, 2.05) is 0 Å². The number of nitrogens with one attached hydrogen (secondary N) is 1. The molecule has 1 aromatic carbocycles. The van der Waals surface area contributed by atoms with Crippen LogP contribution in [0.2, 0.25) is 5.02 Å². The lowest BCUT2D eigenvalue weighted by molar-refractivity contribution is 0.0857. The van der Waals surface area contributed by atoms with E-state index in [1.54, 1.807) is 0 Å². The van der Waals surface area contributed by atoms with Crippen molar-refractivity contribution >= 4 is 37.6 Å². The molecule has 0 bridgehead atoms. The summed E-state index contributed by atoms with van der Waals surface area (Å²) >= 11 is 8.93. The Labute approximate surface area is 114 Å². The van der Waals surface area contributed by atoms with Gasteiger partial charge in [0.2, 0.25) is 10.0 Å². The first-order chi connectivity index (χ1) is 7.62. The average molecular weight is 343 g/mol. The van der Waals surface area contributed by atoms with Crippen molar-refractivity contribution in [2.75, 3.05) is 6.54 Å². The second-order valence-electron chi connectivity index (χ2n) is 4.21. The lowest BCUT2D eigenvalue weighted by Gasteiger charge is -2.17. The van der Waals surface area contributed by atoms with Gasteiger partial charge < -0.3 is 5.11 Å². The molecule has 0 unspecified atom stereocenters. The van der Waals surface area contributed by atoms with Gasteiger partial charge in [-0.25, -0.2) is 13.1 Å². The number of rotatable bonds is 4. The number of benzene rings is 1. The highest BCUT2D eigenvalue weighted by molar-refractivity contribution is 9.10. The molecule has 0 spiro atoms. The highest BCUT2D eigenvalue weighted by Gasteiger charge is 2.20. The molecule has 1 aromatic rings. The SMILES string of the molecule is CC(C)(O)CNS(=O)(=O)c1ccc(Cl)c(Br)c1. The molecule has 0 amide bonds. The number of aliphatic hydroxyl groups is 1. The van der Waals surface area contributed by atoms with E-state index in [0.29, 0.717) is 9.50 Å². The molecule has 0 aliphatic rings. The van der Waals surface area contributed by atoms with Crippen LogP contribution in [0.25, 0.3) is 0 Å². The van der Waals surface area contributed by atoms with Crippen LogP contribution >= 0.6 is 27.5 Å². The van der Waals surface area contributed by atoms with Gasteiger partial charge in [0.15, 0.2) is 0 Å². The first-order valence-electron chi connectivity index (χ1n) is 4.79. The second-order valence-corrected chi connectivity index (χ2v) is 7.24. The van der Waals surface area contributed by atoms with Crippen LogP contribution in [0.3, 0.4) is 0 Å². The molecule has 0 heterocycles. The summed E-state index contributed by atoms with van der Waals surface area (Å²) in [7, 11) is -3.63. The van der Waals surface area contributed by atoms with Crippen molar-refractivity contribution < 1.29 is 13.5 Å². The Morgan fingerprint density at radius 3 is 2.53 bits per heavy atom. The summed E-state index contributed by atoms with van der Waals surface area (Å²) in [4.78, 5) is 0.0954. The lowest BCUT2D eigenvalue weighted by atomic mass is 10.1. The zero-order valence-electron chi connectivity index (χ0n) is 9.37. The Hall–Kier alpha value is -0.140. The lowest BCUT2D eigenvalue weighted by Crippen LogP contribution is -2.38. The van der Waals surface area contributed by atoms with Gasteiger partial charge in [-0.2, -0.15) is 0 Å². The molecule has 0 aliphatic carbocycles. The van der Waals surface area contributed by atoms with Crippen molar-refractivity contribution in [3.8, 4) is 0 Å². The highest BCUT2D eigenvalue weighted by atomic mass is 79.9. The quantitative estimate of drug-likeness (QED) is 0.881. The van der Waals surface area contributed by atoms with Gasteiger partial charge in [0, 0.05) is 11.0 Å². The molecule has 0 aromatic heterocycles. The molecule has 0 saturated heterocycles. The Bertz CT molecular complexity index is 511. The zero-order valence-corrected chi connectivity index (χ0v) is 12.5. The van der Waals surface area contributed by atoms with Gasteiger partial charge in [-0.15, -0.1) is 0 Å². The summed E-state index contributed by atoms with van der Waals surface area (Å²) in [5.74, 6) is 0. The van der Waals surface area contributed by atoms with Gasteiger partial charge in [-0.3, -0.25) is 0 Å². The molecular weight excluding hydrogens is 330 g/mol. The highest BCUT2D eigenvalue weighted by Crippen LogP contribution is 2.25. The van der Waals surface area contributed by atoms with E-state index >= 15 is 0 Å². The Balaban J connectivity index is 2.94. The number of sulfonamides is 1. The van der Waals surface area contributed by atoms with Gasteiger partial charge in [0.1, 0.15) is 0 Å². The van der Waals surface area contributed by atoms with Gasteiger partial charge >= 0.3 is 0 Å². The van der Waals surface area contributed by atoms with Crippen LogP contribution in [0.1, 0.15) is 13.8 Å². The number of halogens is 2. The third kappa shape index (κ3) is 4.56. The van der Waals surface area contributed by atoms with E-state index < -0.39 is 15.6 Å². The van der Waals surface area contributed by atoms with Crippen molar-refractivity contribution in [1.29, 1.82) is 0 Å². The minimum Gasteiger partial charge on any atom is -0.389 e. The van der Waals surface area contributed by atoms with Crippen molar-refractivity contribution in [3.63, 3.8) is 0 Å². The molecule has 96 valence electrons. The largest absolute Gasteiger partial charge is 0.389 e. The van der Waals surface area contributed by atoms with E-state index in [9.17, 15) is 13.5 Å². The molecule has 0 aliphatic heterocycles. The number of hydrogen-bond acceptors (Lipinski definition) is 3. The molecule has 0 saturated carbocycles. The average Bonchev–Trinajstić information content (AvgIpc) is 2.18. The monoisotopic (exact) mass is 341 g/mol. The molecular formula is C10H13BrClNO3S. The van der Waals surface area contributed by atoms with E-state index in [-0.39, 0.29) is 11.4 Å². The molecule has 4 nitrogen and oxygen atoms in total. The summed E-state index contributed by atoms with van der Waals surface area (Å²) in [5.41, 5.74) is -1.10. The van der Waals surface area contributed by atoms with Crippen molar-refractivity contribution in [1.82, 2.24) is 4.72 Å². The Morgan fingerprint density at radius 2 is 2.06 bits per heavy atom. The zero-order chi connectivity index (χ0) is 13.3. The summed E-state index contributed by atoms with van der Waals surface area (Å²) in [6.07, 6.45) is 0. The van der Waals surface area contributed by atoms with Gasteiger partial charge in [0.25, 0.3) is 0 Å². The van der Waals surface area contributed by atoms with Crippen LogP contribution in [0.4, 0.5) is 0 Å². The first-order valence-corrected chi connectivity index (χ1v) is 7.44. The minimum absolute atomic E-state index is 0.0599. The smallest absolute Gasteiger partial charge is 0.240 e. The minimum atomic E-state index is -3.63. The van der Waals surface area contributed by atoms with Gasteiger partial charge in [-0.1, -0.05) is 11.6 Å². The Morgan fingerprint density at radius 1 is 1.47 bits per heavy atom. The summed E-state index contributed by atoms with van der Waals surface area (Å²) < 4.78 is 26.5. The molecule has 17 heavy (non-hydrogen) atoms. The molecule has 7 heteroatoms. The van der Waals surface area contributed by atoms with Crippen molar-refractivity contribution in [2.24, 2.45) is 0 Å². The normalized spacial score (nSPS) is 12.8. The number of hydrogen-bond donors (Lipinski definition) is 2. The van der Waals surface area contributed by atoms with Crippen LogP contribution in [-0.2, 0) is 10.0 Å². The van der Waals surface area contributed by atoms with Crippen LogP contribution in [0.15, 0.2) is 27.6 Å². The maximum Gasteiger partial charge on any atom is 0.240 e. The van der Waals surface area contributed by atoms with Gasteiger partial charge in [0.05, 0.1) is 15.5 Å². The summed E-state index contributed by atoms with van der Waals surface area (Å²) in [6.45, 7) is 2.98. The van der Waals surface area contributed by atoms with Crippen LogP contribution in [0, 0.1) is 0 Å². The standard InChI is InChI=1S/C10H13BrClNO3S/c1-10(2,14)6-13-17(15,16)7-3-4-9(12)8(11)5-7/h3-5,13-14H,6H2,1-2H3. The van der Waals surface area contributed by atoms with Crippen LogP contribution < -0.4 is 4.72 Å². The Kier molecular flexibility index (Phi) is 4.60. The van der Waals surface area contributed by atoms with E-state index in [2.05, 4.69) is 20.7 Å². The molecule has 0 fully saturated rings. The summed E-state index contributed by atoms with van der Waals surface area (Å²) in [5, 5.41) is 9.91. The second kappa shape index (κ2) is 5.24. The third-order valence-corrected chi connectivity index (χ3v) is 4.51. The third-order valence-electron chi connectivity index (χ3n) is 1.90. The molecule has 1 rings (SSSR count). The molecule has 2 N–H and O–H groups in total. The fourth-order valence-electron chi connectivity index (χ4n) is 0.999. The van der Waals surface area contributed by atoms with E-state index in [1.165, 1.54) is 32.0 Å². The van der Waals surface area contributed by atoms with Gasteiger partial charge in [-0.05, 0) is 48.0 Å². The first kappa shape index (κ1) is 14.9. The van der Waals surface area contributed by atoms with Crippen molar-refractivity contribution in [2.45, 2.75) is 24.3 Å². The fourth-order valence-corrected chi connectivity index (χ4v) is 2.88. The van der Waals surface area contributed by atoms with Crippen LogP contribution in [-0.4, -0.2) is 25.7 Å². The topological polar surface area (TPSA) is 66.4 Å². The maximum atomic E-state index is 11.9. The fraction of sp³-hybridized carbons (Fsp3) is 0.400. The maximum absolute atomic E-state index is 11.9. The predicted octanol–water partition coefficient (Wildman–Crippen LogP) is 2.15. The summed E-state index contributed by atoms with van der Waals surface area (Å²) in [6, 6.07) is 4.30. The molecule has 0 atom stereocenters. The molecule has 0 radical (unpaired) electrons.